The number of nitrogens with one attached hydrogen (secondary N) is 1. The predicted octanol–water partition coefficient (Wildman–Crippen LogP) is 1.84. The summed E-state index contributed by atoms with van der Waals surface area (Å²) in [6.45, 7) is 0. The van der Waals surface area contributed by atoms with Gasteiger partial charge in [0.2, 0.25) is 0 Å². The number of carbonyl (C=O) groups is 2. The monoisotopic (exact) mass is 269 g/mol. The lowest BCUT2D eigenvalue weighted by atomic mass is 9.88. The van der Waals surface area contributed by atoms with Crippen molar-refractivity contribution in [3.8, 4) is 0 Å². The molecule has 1 aromatic rings. The molecule has 2 rings (SSSR count). The van der Waals surface area contributed by atoms with E-state index in [2.05, 4.69) is 5.32 Å². The highest BCUT2D eigenvalue weighted by atomic mass is 19.3. The van der Waals surface area contributed by atoms with E-state index in [1.165, 1.54) is 12.1 Å². The summed E-state index contributed by atoms with van der Waals surface area (Å²) in [5, 5.41) is 11.2. The molecular formula is C13H13F2NO3. The summed E-state index contributed by atoms with van der Waals surface area (Å²) in [6.07, 6.45) is -0.857. The number of aliphatic carboxylic acids is 1. The fourth-order valence-electron chi connectivity index (χ4n) is 2.03. The van der Waals surface area contributed by atoms with Crippen molar-refractivity contribution in [3.63, 3.8) is 0 Å². The van der Waals surface area contributed by atoms with Gasteiger partial charge < -0.3 is 10.4 Å². The van der Waals surface area contributed by atoms with E-state index in [1.807, 2.05) is 0 Å². The highest BCUT2D eigenvalue weighted by Crippen LogP contribution is 2.37. The number of carboxylic acids is 1. The molecule has 1 aromatic carbocycles. The molecule has 0 spiro atoms. The van der Waals surface area contributed by atoms with Gasteiger partial charge in [0, 0.05) is 24.4 Å². The number of benzene rings is 1. The van der Waals surface area contributed by atoms with Gasteiger partial charge in [0.1, 0.15) is 0 Å². The van der Waals surface area contributed by atoms with Gasteiger partial charge in [0.05, 0.1) is 6.42 Å². The lowest BCUT2D eigenvalue weighted by Gasteiger charge is -2.35. The summed E-state index contributed by atoms with van der Waals surface area (Å²) in [5.41, 5.74) is 0.785. The number of carboxylic acid groups (broad SMARTS) is 1. The van der Waals surface area contributed by atoms with Crippen molar-refractivity contribution in [2.45, 2.75) is 31.2 Å². The van der Waals surface area contributed by atoms with Crippen LogP contribution in [0.25, 0.3) is 0 Å². The minimum Gasteiger partial charge on any atom is -0.481 e. The van der Waals surface area contributed by atoms with Gasteiger partial charge >= 0.3 is 5.97 Å². The number of hydrogen-bond acceptors (Lipinski definition) is 2. The Morgan fingerprint density at radius 2 is 2.05 bits per heavy atom. The summed E-state index contributed by atoms with van der Waals surface area (Å²) < 4.78 is 25.3. The molecule has 0 saturated heterocycles. The molecule has 1 fully saturated rings. The van der Waals surface area contributed by atoms with Gasteiger partial charge in [0.25, 0.3) is 11.8 Å². The van der Waals surface area contributed by atoms with Gasteiger partial charge in [-0.1, -0.05) is 12.1 Å². The molecule has 0 bridgehead atoms. The average Bonchev–Trinajstić information content (AvgIpc) is 2.26. The van der Waals surface area contributed by atoms with Crippen LogP contribution in [0.1, 0.15) is 28.8 Å². The van der Waals surface area contributed by atoms with E-state index in [4.69, 9.17) is 5.11 Å². The number of amides is 1. The second-order valence-electron chi connectivity index (χ2n) is 4.71. The summed E-state index contributed by atoms with van der Waals surface area (Å²) >= 11 is 0. The van der Waals surface area contributed by atoms with Crippen LogP contribution >= 0.6 is 0 Å². The number of rotatable bonds is 4. The Hall–Kier alpha value is -1.98. The molecule has 1 amide bonds. The first-order valence-electron chi connectivity index (χ1n) is 5.85. The van der Waals surface area contributed by atoms with E-state index >= 15 is 0 Å². The number of carbonyl (C=O) groups excluding carboxylic acids is 1. The first-order valence-corrected chi connectivity index (χ1v) is 5.85. The van der Waals surface area contributed by atoms with Gasteiger partial charge in [-0.05, 0) is 17.7 Å². The van der Waals surface area contributed by atoms with Crippen LogP contribution in [0.2, 0.25) is 0 Å². The Morgan fingerprint density at radius 3 is 2.63 bits per heavy atom. The van der Waals surface area contributed by atoms with E-state index < -0.39 is 23.8 Å². The molecule has 0 aliphatic heterocycles. The molecular weight excluding hydrogens is 256 g/mol. The predicted molar refractivity (Wildman–Crippen MR) is 63.2 cm³/mol. The van der Waals surface area contributed by atoms with Crippen molar-refractivity contribution in [2.75, 3.05) is 0 Å². The Morgan fingerprint density at radius 1 is 1.37 bits per heavy atom. The van der Waals surface area contributed by atoms with Gasteiger partial charge in [-0.2, -0.15) is 0 Å². The van der Waals surface area contributed by atoms with Crippen LogP contribution in [0, 0.1) is 0 Å². The van der Waals surface area contributed by atoms with Gasteiger partial charge in [0.15, 0.2) is 0 Å². The van der Waals surface area contributed by atoms with E-state index in [9.17, 15) is 18.4 Å². The summed E-state index contributed by atoms with van der Waals surface area (Å²) in [6, 6.07) is 5.65. The quantitative estimate of drug-likeness (QED) is 0.876. The minimum absolute atomic E-state index is 0.178. The first kappa shape index (κ1) is 13.5. The maximum Gasteiger partial charge on any atom is 0.307 e. The van der Waals surface area contributed by atoms with Crippen LogP contribution in [-0.4, -0.2) is 28.9 Å². The maximum absolute atomic E-state index is 12.6. The Balaban J connectivity index is 1.97. The van der Waals surface area contributed by atoms with Crippen LogP contribution in [0.3, 0.4) is 0 Å². The molecule has 4 nitrogen and oxygen atoms in total. The highest BCUT2D eigenvalue weighted by Gasteiger charge is 2.45. The van der Waals surface area contributed by atoms with E-state index in [0.717, 1.165) is 0 Å². The summed E-state index contributed by atoms with van der Waals surface area (Å²) in [4.78, 5) is 22.4. The van der Waals surface area contributed by atoms with Crippen molar-refractivity contribution in [1.29, 1.82) is 0 Å². The standard InChI is InChI=1S/C13H13F2NO3/c14-13(15)6-10(7-13)16-12(19)9-3-1-2-8(4-9)5-11(17)18/h1-4,10H,5-7H2,(H,16,19)(H,17,18). The molecule has 0 radical (unpaired) electrons. The third-order valence-corrected chi connectivity index (χ3v) is 2.97. The van der Waals surface area contributed by atoms with Gasteiger partial charge in [-0.25, -0.2) is 8.78 Å². The summed E-state index contributed by atoms with van der Waals surface area (Å²) in [7, 11) is 0. The second kappa shape index (κ2) is 4.95. The van der Waals surface area contributed by atoms with Gasteiger partial charge in [-0.15, -0.1) is 0 Å². The van der Waals surface area contributed by atoms with Crippen molar-refractivity contribution in [2.24, 2.45) is 0 Å². The minimum atomic E-state index is -2.68. The van der Waals surface area contributed by atoms with Gasteiger partial charge in [-0.3, -0.25) is 9.59 Å². The van der Waals surface area contributed by atoms with E-state index in [1.54, 1.807) is 12.1 Å². The number of hydrogen-bond donors (Lipinski definition) is 2. The zero-order valence-electron chi connectivity index (χ0n) is 10.0. The Kier molecular flexibility index (Phi) is 3.50. The van der Waals surface area contributed by atoms with Crippen LogP contribution in [-0.2, 0) is 11.2 Å². The second-order valence-corrected chi connectivity index (χ2v) is 4.71. The first-order chi connectivity index (χ1) is 8.85. The smallest absolute Gasteiger partial charge is 0.307 e. The lowest BCUT2D eigenvalue weighted by molar-refractivity contribution is -0.136. The third kappa shape index (κ3) is 3.49. The van der Waals surface area contributed by atoms with Crippen molar-refractivity contribution >= 4 is 11.9 Å². The molecule has 0 unspecified atom stereocenters. The number of alkyl halides is 2. The van der Waals surface area contributed by atoms with Crippen LogP contribution < -0.4 is 5.32 Å². The van der Waals surface area contributed by atoms with Crippen LogP contribution in [0.4, 0.5) is 8.78 Å². The van der Waals surface area contributed by atoms with Crippen LogP contribution in [0.15, 0.2) is 24.3 Å². The normalized spacial score (nSPS) is 17.6. The van der Waals surface area contributed by atoms with Crippen molar-refractivity contribution in [1.82, 2.24) is 5.32 Å². The highest BCUT2D eigenvalue weighted by molar-refractivity contribution is 5.94. The van der Waals surface area contributed by atoms with E-state index in [-0.39, 0.29) is 24.8 Å². The molecule has 0 heterocycles. The molecule has 19 heavy (non-hydrogen) atoms. The summed E-state index contributed by atoms with van der Waals surface area (Å²) in [5.74, 6) is -4.12. The zero-order chi connectivity index (χ0) is 14.0. The largest absolute Gasteiger partial charge is 0.481 e. The fraction of sp³-hybridized carbons (Fsp3) is 0.385. The Bertz CT molecular complexity index is 508. The molecule has 1 aliphatic rings. The average molecular weight is 269 g/mol. The topological polar surface area (TPSA) is 66.4 Å². The van der Waals surface area contributed by atoms with Crippen molar-refractivity contribution in [3.05, 3.63) is 35.4 Å². The third-order valence-electron chi connectivity index (χ3n) is 2.97. The molecule has 102 valence electrons. The molecule has 1 aliphatic carbocycles. The molecule has 6 heteroatoms. The van der Waals surface area contributed by atoms with Crippen LogP contribution in [0.5, 0.6) is 0 Å². The zero-order valence-corrected chi connectivity index (χ0v) is 10.0. The maximum atomic E-state index is 12.6. The SMILES string of the molecule is O=C(O)Cc1cccc(C(=O)NC2CC(F)(F)C2)c1. The van der Waals surface area contributed by atoms with E-state index in [0.29, 0.717) is 5.56 Å². The lowest BCUT2D eigenvalue weighted by Crippen LogP contribution is -2.50. The number of halogens is 2. The molecule has 0 atom stereocenters. The Labute approximate surface area is 108 Å². The fourth-order valence-corrected chi connectivity index (χ4v) is 2.03. The van der Waals surface area contributed by atoms with Crippen molar-refractivity contribution < 1.29 is 23.5 Å². The molecule has 1 saturated carbocycles. The molecule has 0 aromatic heterocycles. The molecule has 2 N–H and O–H groups in total.